The van der Waals surface area contributed by atoms with Gasteiger partial charge in [0, 0.05) is 13.2 Å². The van der Waals surface area contributed by atoms with Crippen LogP contribution in [0, 0.1) is 0 Å². The van der Waals surface area contributed by atoms with Crippen molar-refractivity contribution in [2.45, 2.75) is 6.04 Å². The fourth-order valence-corrected chi connectivity index (χ4v) is 1.57. The van der Waals surface area contributed by atoms with E-state index in [2.05, 4.69) is 14.7 Å². The highest BCUT2D eigenvalue weighted by Gasteiger charge is 2.13. The maximum Gasteiger partial charge on any atom is 0.0871 e. The molecule has 2 heterocycles. The number of aromatic nitrogens is 4. The van der Waals surface area contributed by atoms with Crippen molar-refractivity contribution >= 4 is 11.5 Å². The lowest BCUT2D eigenvalue weighted by atomic mass is 10.2. The van der Waals surface area contributed by atoms with Gasteiger partial charge < -0.3 is 5.73 Å². The zero-order valence-corrected chi connectivity index (χ0v) is 7.90. The molecule has 0 fully saturated rings. The van der Waals surface area contributed by atoms with Crippen LogP contribution in [0.1, 0.15) is 16.6 Å². The molecule has 0 radical (unpaired) electrons. The van der Waals surface area contributed by atoms with Gasteiger partial charge in [-0.3, -0.25) is 4.68 Å². The number of aryl methyl sites for hydroxylation is 1. The van der Waals surface area contributed by atoms with E-state index in [1.807, 2.05) is 19.3 Å². The Morgan fingerprint density at radius 1 is 1.62 bits per heavy atom. The highest BCUT2D eigenvalue weighted by atomic mass is 32.1. The number of nitrogens with zero attached hydrogens (tertiary/aromatic N) is 4. The fraction of sp³-hybridized carbons (Fsp3) is 0.286. The summed E-state index contributed by atoms with van der Waals surface area (Å²) in [4.78, 5) is 0.929. The van der Waals surface area contributed by atoms with Gasteiger partial charge in [-0.15, -0.1) is 5.10 Å². The maximum absolute atomic E-state index is 5.93. The van der Waals surface area contributed by atoms with E-state index in [0.717, 1.165) is 10.6 Å². The lowest BCUT2D eigenvalue weighted by molar-refractivity contribution is 0.719. The van der Waals surface area contributed by atoms with Gasteiger partial charge >= 0.3 is 0 Å². The van der Waals surface area contributed by atoms with Crippen LogP contribution in [-0.4, -0.2) is 19.4 Å². The van der Waals surface area contributed by atoms with Gasteiger partial charge in [0.2, 0.25) is 0 Å². The molecule has 0 aliphatic carbocycles. The molecule has 1 unspecified atom stereocenters. The molecule has 13 heavy (non-hydrogen) atoms. The van der Waals surface area contributed by atoms with Crippen LogP contribution in [0.25, 0.3) is 0 Å². The van der Waals surface area contributed by atoms with Crippen LogP contribution in [0.4, 0.5) is 0 Å². The molecule has 68 valence electrons. The van der Waals surface area contributed by atoms with Crippen LogP contribution in [0.2, 0.25) is 0 Å². The molecule has 5 nitrogen and oxygen atoms in total. The van der Waals surface area contributed by atoms with E-state index in [1.54, 1.807) is 10.9 Å². The van der Waals surface area contributed by atoms with E-state index in [9.17, 15) is 0 Å². The second-order valence-electron chi connectivity index (χ2n) is 2.71. The monoisotopic (exact) mass is 195 g/mol. The molecule has 2 aromatic heterocycles. The van der Waals surface area contributed by atoms with E-state index in [4.69, 9.17) is 5.73 Å². The first-order valence-corrected chi connectivity index (χ1v) is 4.57. The van der Waals surface area contributed by atoms with Gasteiger partial charge in [0.05, 0.1) is 22.8 Å². The topological polar surface area (TPSA) is 69.6 Å². The van der Waals surface area contributed by atoms with Crippen LogP contribution < -0.4 is 5.73 Å². The van der Waals surface area contributed by atoms with Crippen LogP contribution in [0.3, 0.4) is 0 Å². The summed E-state index contributed by atoms with van der Waals surface area (Å²) in [6, 6.07) is 1.69. The van der Waals surface area contributed by atoms with Gasteiger partial charge in [0.1, 0.15) is 0 Å². The van der Waals surface area contributed by atoms with Crippen LogP contribution >= 0.6 is 11.5 Å². The molecule has 0 spiro atoms. The summed E-state index contributed by atoms with van der Waals surface area (Å²) in [7, 11) is 1.86. The Labute approximate surface area is 79.4 Å². The van der Waals surface area contributed by atoms with Gasteiger partial charge in [-0.2, -0.15) is 5.10 Å². The summed E-state index contributed by atoms with van der Waals surface area (Å²) >= 11 is 1.30. The summed E-state index contributed by atoms with van der Waals surface area (Å²) in [5.41, 5.74) is 6.77. The molecule has 2 aromatic rings. The summed E-state index contributed by atoms with van der Waals surface area (Å²) in [5.74, 6) is 0. The number of hydrogen-bond acceptors (Lipinski definition) is 5. The van der Waals surface area contributed by atoms with Crippen LogP contribution in [0.15, 0.2) is 18.5 Å². The third-order valence-corrected chi connectivity index (χ3v) is 2.48. The van der Waals surface area contributed by atoms with E-state index >= 15 is 0 Å². The van der Waals surface area contributed by atoms with Crippen LogP contribution in [0.5, 0.6) is 0 Å². The standard InChI is InChI=1S/C7H9N5S/c1-12-3-2-5(10-12)7(8)6-4-9-11-13-6/h2-4,7H,8H2,1H3. The van der Waals surface area contributed by atoms with Gasteiger partial charge in [-0.25, -0.2) is 0 Å². The Kier molecular flexibility index (Phi) is 2.07. The van der Waals surface area contributed by atoms with Crippen molar-refractivity contribution in [1.82, 2.24) is 19.4 Å². The summed E-state index contributed by atoms with van der Waals surface area (Å²) < 4.78 is 5.48. The summed E-state index contributed by atoms with van der Waals surface area (Å²) in [5, 5.41) is 7.94. The predicted molar refractivity (Wildman–Crippen MR) is 49.1 cm³/mol. The Balaban J connectivity index is 2.28. The van der Waals surface area contributed by atoms with Gasteiger partial charge in [0.25, 0.3) is 0 Å². The Bertz CT molecular complexity index is 379. The molecule has 0 saturated carbocycles. The first-order valence-electron chi connectivity index (χ1n) is 3.80. The number of nitrogens with two attached hydrogens (primary N) is 1. The SMILES string of the molecule is Cn1ccc(C(N)c2cnns2)n1. The smallest absolute Gasteiger partial charge is 0.0871 e. The fourth-order valence-electron chi connectivity index (χ4n) is 1.06. The second-order valence-corrected chi connectivity index (χ2v) is 3.53. The van der Waals surface area contributed by atoms with Crippen molar-refractivity contribution in [3.8, 4) is 0 Å². The van der Waals surface area contributed by atoms with Crippen molar-refractivity contribution in [2.75, 3.05) is 0 Å². The van der Waals surface area contributed by atoms with Gasteiger partial charge in [0.15, 0.2) is 0 Å². The second kappa shape index (κ2) is 3.23. The van der Waals surface area contributed by atoms with E-state index < -0.39 is 0 Å². The quantitative estimate of drug-likeness (QED) is 0.749. The minimum Gasteiger partial charge on any atom is -0.318 e. The van der Waals surface area contributed by atoms with Crippen molar-refractivity contribution in [3.05, 3.63) is 29.0 Å². The highest BCUT2D eigenvalue weighted by molar-refractivity contribution is 7.05. The first kappa shape index (κ1) is 8.33. The van der Waals surface area contributed by atoms with E-state index in [1.165, 1.54) is 11.5 Å². The normalized spacial score (nSPS) is 13.1. The average Bonchev–Trinajstić information content (AvgIpc) is 2.72. The highest BCUT2D eigenvalue weighted by Crippen LogP contribution is 2.18. The minimum atomic E-state index is -0.207. The molecule has 0 amide bonds. The maximum atomic E-state index is 5.93. The lowest BCUT2D eigenvalue weighted by Gasteiger charge is -2.02. The third kappa shape index (κ3) is 1.58. The number of hydrogen-bond donors (Lipinski definition) is 1. The molecule has 0 aliphatic rings. The predicted octanol–water partition coefficient (Wildman–Crippen LogP) is 0.320. The molecule has 6 heteroatoms. The van der Waals surface area contributed by atoms with Crippen LogP contribution in [-0.2, 0) is 7.05 Å². The van der Waals surface area contributed by atoms with E-state index in [0.29, 0.717) is 0 Å². The molecule has 2 N–H and O–H groups in total. The summed E-state index contributed by atoms with van der Waals surface area (Å²) in [6.07, 6.45) is 3.54. The largest absolute Gasteiger partial charge is 0.318 e. The zero-order chi connectivity index (χ0) is 9.26. The molecule has 1 atom stereocenters. The van der Waals surface area contributed by atoms with E-state index in [-0.39, 0.29) is 6.04 Å². The molecule has 0 bridgehead atoms. The van der Waals surface area contributed by atoms with Gasteiger partial charge in [-0.05, 0) is 17.6 Å². The average molecular weight is 195 g/mol. The molecular formula is C7H9N5S. The Hall–Kier alpha value is -1.27. The minimum absolute atomic E-state index is 0.207. The first-order chi connectivity index (χ1) is 6.27. The molecule has 0 saturated heterocycles. The molecule has 0 aliphatic heterocycles. The Morgan fingerprint density at radius 3 is 3.00 bits per heavy atom. The molecular weight excluding hydrogens is 186 g/mol. The van der Waals surface area contributed by atoms with Gasteiger partial charge in [-0.1, -0.05) is 4.49 Å². The third-order valence-electron chi connectivity index (χ3n) is 1.74. The zero-order valence-electron chi connectivity index (χ0n) is 7.08. The van der Waals surface area contributed by atoms with Crippen molar-refractivity contribution in [1.29, 1.82) is 0 Å². The van der Waals surface area contributed by atoms with Crippen molar-refractivity contribution in [2.24, 2.45) is 12.8 Å². The molecule has 2 rings (SSSR count). The lowest BCUT2D eigenvalue weighted by Crippen LogP contribution is -2.11. The molecule has 0 aromatic carbocycles. The Morgan fingerprint density at radius 2 is 2.46 bits per heavy atom. The van der Waals surface area contributed by atoms with Crippen molar-refractivity contribution < 1.29 is 0 Å². The van der Waals surface area contributed by atoms with Crippen molar-refractivity contribution in [3.63, 3.8) is 0 Å². The summed E-state index contributed by atoms with van der Waals surface area (Å²) in [6.45, 7) is 0. The number of rotatable bonds is 2.